The molecule has 0 unspecified atom stereocenters. The lowest BCUT2D eigenvalue weighted by molar-refractivity contribution is -0.137. The van der Waals surface area contributed by atoms with Crippen LogP contribution in [-0.4, -0.2) is 41.2 Å². The third kappa shape index (κ3) is 4.97. The maximum absolute atomic E-state index is 13.3. The number of carbonyl (C=O) groups excluding carboxylic acids is 1. The number of halogens is 4. The Morgan fingerprint density at radius 2 is 1.91 bits per heavy atom. The fourth-order valence-corrected chi connectivity index (χ4v) is 4.58. The number of hydrogen-bond donors (Lipinski definition) is 2. The zero-order chi connectivity index (χ0) is 25.4. The van der Waals surface area contributed by atoms with Gasteiger partial charge in [-0.15, -0.1) is 0 Å². The van der Waals surface area contributed by atoms with E-state index in [1.54, 1.807) is 12.3 Å². The van der Waals surface area contributed by atoms with Crippen LogP contribution in [0.1, 0.15) is 27.3 Å². The van der Waals surface area contributed by atoms with Crippen molar-refractivity contribution < 1.29 is 31.1 Å². The molecule has 0 saturated heterocycles. The minimum atomic E-state index is -4.88. The van der Waals surface area contributed by atoms with Gasteiger partial charge in [0, 0.05) is 24.9 Å². The Morgan fingerprint density at radius 3 is 2.63 bits per heavy atom. The van der Waals surface area contributed by atoms with Crippen LogP contribution in [0.15, 0.2) is 53.9 Å². The van der Waals surface area contributed by atoms with Crippen LogP contribution in [0.25, 0.3) is 11.0 Å². The Hall–Kier alpha value is -3.55. The van der Waals surface area contributed by atoms with E-state index in [2.05, 4.69) is 24.7 Å². The molecule has 0 atom stereocenters. The summed E-state index contributed by atoms with van der Waals surface area (Å²) < 4.78 is 73.0. The summed E-state index contributed by atoms with van der Waals surface area (Å²) in [5.74, 6) is -0.731. The number of methoxy groups -OCH3 is 1. The highest BCUT2D eigenvalue weighted by Crippen LogP contribution is 2.36. The molecule has 0 saturated carbocycles. The first-order valence-corrected chi connectivity index (χ1v) is 11.6. The molecule has 0 spiro atoms. The van der Waals surface area contributed by atoms with Gasteiger partial charge >= 0.3 is 6.18 Å². The van der Waals surface area contributed by atoms with Gasteiger partial charge in [-0.05, 0) is 35.9 Å². The van der Waals surface area contributed by atoms with Crippen molar-refractivity contribution in [3.05, 3.63) is 76.6 Å². The number of aromatic nitrogens is 4. The Labute approximate surface area is 201 Å². The van der Waals surface area contributed by atoms with Crippen LogP contribution in [0.3, 0.4) is 0 Å². The van der Waals surface area contributed by atoms with Crippen molar-refractivity contribution >= 4 is 44.1 Å². The maximum Gasteiger partial charge on any atom is 0.417 e. The summed E-state index contributed by atoms with van der Waals surface area (Å²) in [6.07, 6.45) is -0.859. The van der Waals surface area contributed by atoms with Gasteiger partial charge in [0.25, 0.3) is 10.0 Å². The highest BCUT2D eigenvalue weighted by atomic mass is 35.5. The number of carbonyl (C=O) groups is 1. The van der Waals surface area contributed by atoms with Gasteiger partial charge in [-0.25, -0.2) is 18.4 Å². The molecule has 0 bridgehead atoms. The molecule has 182 valence electrons. The van der Waals surface area contributed by atoms with E-state index < -0.39 is 37.5 Å². The van der Waals surface area contributed by atoms with Gasteiger partial charge in [0.1, 0.15) is 23.4 Å². The van der Waals surface area contributed by atoms with E-state index in [-0.39, 0.29) is 23.7 Å². The highest BCUT2D eigenvalue weighted by molar-refractivity contribution is 7.92. The van der Waals surface area contributed by atoms with Gasteiger partial charge in [-0.1, -0.05) is 11.6 Å². The normalized spacial score (nSPS) is 12.1. The summed E-state index contributed by atoms with van der Waals surface area (Å²) in [5, 5.41) is -0.281. The highest BCUT2D eigenvalue weighted by Gasteiger charge is 2.35. The Kier molecular flexibility index (Phi) is 6.49. The van der Waals surface area contributed by atoms with Gasteiger partial charge in [0.05, 0.1) is 27.8 Å². The zero-order valence-electron chi connectivity index (χ0n) is 17.7. The molecule has 4 aromatic rings. The molecule has 14 heteroatoms. The number of rotatable bonds is 7. The average molecular weight is 526 g/mol. The van der Waals surface area contributed by atoms with Crippen molar-refractivity contribution in [2.45, 2.75) is 17.7 Å². The predicted octanol–water partition coefficient (Wildman–Crippen LogP) is 4.20. The molecular weight excluding hydrogens is 511 g/mol. The minimum Gasteiger partial charge on any atom is -0.380 e. The molecule has 0 aliphatic rings. The third-order valence-electron chi connectivity index (χ3n) is 4.84. The Bertz CT molecular complexity index is 1540. The van der Waals surface area contributed by atoms with Crippen LogP contribution < -0.4 is 4.72 Å². The molecule has 3 heterocycles. The summed E-state index contributed by atoms with van der Waals surface area (Å²) in [6.45, 7) is 0.0327. The summed E-state index contributed by atoms with van der Waals surface area (Å²) in [6, 6.07) is 5.03. The first-order valence-electron chi connectivity index (χ1n) is 9.71. The van der Waals surface area contributed by atoms with Crippen LogP contribution in [0, 0.1) is 0 Å². The molecule has 0 radical (unpaired) electrons. The summed E-state index contributed by atoms with van der Waals surface area (Å²) in [4.78, 5) is 27.5. The van der Waals surface area contributed by atoms with Gasteiger partial charge in [-0.3, -0.25) is 14.5 Å². The number of fused-ring (bicyclic) bond motifs is 1. The number of benzene rings is 1. The largest absolute Gasteiger partial charge is 0.417 e. The van der Waals surface area contributed by atoms with E-state index in [0.29, 0.717) is 22.7 Å². The lowest BCUT2D eigenvalue weighted by Gasteiger charge is -2.15. The van der Waals surface area contributed by atoms with Crippen molar-refractivity contribution in [1.29, 1.82) is 0 Å². The molecule has 0 fully saturated rings. The maximum atomic E-state index is 13.3. The number of ether oxygens (including phenoxy) is 1. The monoisotopic (exact) mass is 525 g/mol. The quantitative estimate of drug-likeness (QED) is 0.346. The molecular formula is C21H15ClF3N5O4S. The lowest BCUT2D eigenvalue weighted by Crippen LogP contribution is -2.19. The molecule has 0 amide bonds. The SMILES string of the molecule is COCc1cnc(C(=O)c2ncnc3[nH]ccc23)c(NS(=O)(=O)c2ccc(Cl)c(C(F)(F)F)c2)c1. The van der Waals surface area contributed by atoms with Gasteiger partial charge in [0.2, 0.25) is 5.78 Å². The first kappa shape index (κ1) is 24.6. The Morgan fingerprint density at radius 1 is 1.14 bits per heavy atom. The van der Waals surface area contributed by atoms with Crippen molar-refractivity contribution in [1.82, 2.24) is 19.9 Å². The number of nitrogens with one attached hydrogen (secondary N) is 2. The third-order valence-corrected chi connectivity index (χ3v) is 6.53. The fourth-order valence-electron chi connectivity index (χ4n) is 3.27. The zero-order valence-corrected chi connectivity index (χ0v) is 19.3. The second-order valence-electron chi connectivity index (χ2n) is 7.21. The van der Waals surface area contributed by atoms with Crippen molar-refractivity contribution in [2.24, 2.45) is 0 Å². The van der Waals surface area contributed by atoms with E-state index in [1.807, 2.05) is 0 Å². The van der Waals surface area contributed by atoms with Crippen LogP contribution in [-0.2, 0) is 27.5 Å². The van der Waals surface area contributed by atoms with Gasteiger partial charge in [-0.2, -0.15) is 13.2 Å². The second kappa shape index (κ2) is 9.24. The fraction of sp³-hybridized carbons (Fsp3) is 0.143. The number of H-pyrrole nitrogens is 1. The number of aromatic amines is 1. The molecule has 0 aliphatic heterocycles. The number of nitrogens with zero attached hydrogens (tertiary/aromatic N) is 3. The van der Waals surface area contributed by atoms with Gasteiger partial charge in [0.15, 0.2) is 0 Å². The van der Waals surface area contributed by atoms with E-state index in [0.717, 1.165) is 18.5 Å². The molecule has 4 rings (SSSR count). The van der Waals surface area contributed by atoms with Gasteiger partial charge < -0.3 is 9.72 Å². The molecule has 2 N–H and O–H groups in total. The smallest absolute Gasteiger partial charge is 0.380 e. The number of ketones is 1. The minimum absolute atomic E-state index is 0.0327. The number of pyridine rings is 1. The van der Waals surface area contributed by atoms with Crippen molar-refractivity contribution in [3.8, 4) is 0 Å². The Balaban J connectivity index is 1.80. The molecule has 1 aromatic carbocycles. The summed E-state index contributed by atoms with van der Waals surface area (Å²) >= 11 is 5.60. The number of anilines is 1. The standard InChI is InChI=1S/C21H15ClF3N5O4S/c1-34-9-11-6-16(30-35(32,33)12-2-3-15(22)14(7-12)21(23,24)25)18(27-8-11)19(31)17-13-4-5-26-20(13)29-10-28-17/h2-8,10,30H,9H2,1H3,(H,26,28,29). The number of hydrogen-bond acceptors (Lipinski definition) is 7. The topological polar surface area (TPSA) is 127 Å². The number of sulfonamides is 1. The van der Waals surface area contributed by atoms with Crippen LogP contribution >= 0.6 is 11.6 Å². The van der Waals surface area contributed by atoms with E-state index in [1.165, 1.54) is 19.4 Å². The number of alkyl halides is 3. The average Bonchev–Trinajstić information content (AvgIpc) is 3.27. The van der Waals surface area contributed by atoms with Crippen LogP contribution in [0.5, 0.6) is 0 Å². The molecule has 9 nitrogen and oxygen atoms in total. The molecule has 35 heavy (non-hydrogen) atoms. The van der Waals surface area contributed by atoms with Crippen molar-refractivity contribution in [3.63, 3.8) is 0 Å². The predicted molar refractivity (Wildman–Crippen MR) is 120 cm³/mol. The second-order valence-corrected chi connectivity index (χ2v) is 9.30. The first-order chi connectivity index (χ1) is 16.5. The summed E-state index contributed by atoms with van der Waals surface area (Å²) in [7, 11) is -3.19. The van der Waals surface area contributed by atoms with Crippen LogP contribution in [0.4, 0.5) is 18.9 Å². The molecule has 3 aromatic heterocycles. The lowest BCUT2D eigenvalue weighted by atomic mass is 10.1. The van der Waals surface area contributed by atoms with Crippen molar-refractivity contribution in [2.75, 3.05) is 11.8 Å². The van der Waals surface area contributed by atoms with Crippen LogP contribution in [0.2, 0.25) is 5.02 Å². The summed E-state index contributed by atoms with van der Waals surface area (Å²) in [5.41, 5.74) is -1.17. The van der Waals surface area contributed by atoms with E-state index >= 15 is 0 Å². The van der Waals surface area contributed by atoms with E-state index in [4.69, 9.17) is 16.3 Å². The van der Waals surface area contributed by atoms with E-state index in [9.17, 15) is 26.4 Å². The molecule has 0 aliphatic carbocycles.